The molecule has 0 unspecified atom stereocenters. The molecule has 1 atom stereocenters. The van der Waals surface area contributed by atoms with E-state index in [1.807, 2.05) is 13.0 Å². The number of amides is 2. The number of nitrogens with one attached hydrogen (secondary N) is 2. The Bertz CT molecular complexity index is 798. The standard InChI is InChI=1S/C18H20N2O3S/c1-4-5-12-8-16(24-11(12)3)18(22)19-13-6-7-15-14(9-13)20-17(21)10(2)23-15/h6-10H,4-5H2,1-3H3,(H,19,22)(H,20,21)/t10-/m1/s1. The number of hydrogen-bond acceptors (Lipinski definition) is 4. The third-order valence-electron chi connectivity index (χ3n) is 3.93. The fraction of sp³-hybridized carbons (Fsp3) is 0.333. The maximum Gasteiger partial charge on any atom is 0.265 e. The van der Waals surface area contributed by atoms with Crippen LogP contribution in [0, 0.1) is 6.92 Å². The van der Waals surface area contributed by atoms with Gasteiger partial charge in [-0.15, -0.1) is 11.3 Å². The first-order valence-electron chi connectivity index (χ1n) is 8.00. The normalized spacial score (nSPS) is 16.1. The number of rotatable bonds is 4. The van der Waals surface area contributed by atoms with E-state index in [-0.39, 0.29) is 11.8 Å². The Labute approximate surface area is 145 Å². The summed E-state index contributed by atoms with van der Waals surface area (Å²) >= 11 is 1.50. The molecule has 0 aliphatic carbocycles. The number of thiophene rings is 1. The molecule has 6 heteroatoms. The number of anilines is 2. The number of carbonyl (C=O) groups is 2. The first-order valence-corrected chi connectivity index (χ1v) is 8.81. The summed E-state index contributed by atoms with van der Waals surface area (Å²) in [4.78, 5) is 26.0. The van der Waals surface area contributed by atoms with Gasteiger partial charge in [-0.05, 0) is 50.1 Å². The highest BCUT2D eigenvalue weighted by atomic mass is 32.1. The van der Waals surface area contributed by atoms with E-state index in [0.717, 1.165) is 12.8 Å². The Morgan fingerprint density at radius 3 is 2.92 bits per heavy atom. The summed E-state index contributed by atoms with van der Waals surface area (Å²) < 4.78 is 5.51. The Morgan fingerprint density at radius 1 is 1.38 bits per heavy atom. The van der Waals surface area contributed by atoms with E-state index in [4.69, 9.17) is 4.74 Å². The van der Waals surface area contributed by atoms with E-state index >= 15 is 0 Å². The second kappa shape index (κ2) is 6.65. The summed E-state index contributed by atoms with van der Waals surface area (Å²) in [5.74, 6) is 0.281. The molecule has 1 aromatic carbocycles. The topological polar surface area (TPSA) is 67.4 Å². The Balaban J connectivity index is 1.76. The van der Waals surface area contributed by atoms with Crippen molar-refractivity contribution in [1.29, 1.82) is 0 Å². The van der Waals surface area contributed by atoms with Crippen LogP contribution in [0.3, 0.4) is 0 Å². The first-order chi connectivity index (χ1) is 11.5. The molecule has 2 aromatic rings. The van der Waals surface area contributed by atoms with Crippen molar-refractivity contribution in [2.24, 2.45) is 0 Å². The third-order valence-corrected chi connectivity index (χ3v) is 5.02. The van der Waals surface area contributed by atoms with Gasteiger partial charge in [-0.3, -0.25) is 9.59 Å². The molecule has 1 aliphatic heterocycles. The number of hydrogen-bond donors (Lipinski definition) is 2. The predicted octanol–water partition coefficient (Wildman–Crippen LogP) is 3.98. The molecule has 5 nitrogen and oxygen atoms in total. The van der Waals surface area contributed by atoms with E-state index in [9.17, 15) is 9.59 Å². The van der Waals surface area contributed by atoms with Crippen molar-refractivity contribution in [1.82, 2.24) is 0 Å². The van der Waals surface area contributed by atoms with Crippen LogP contribution in [-0.4, -0.2) is 17.9 Å². The van der Waals surface area contributed by atoms with Crippen LogP contribution in [0.2, 0.25) is 0 Å². The van der Waals surface area contributed by atoms with Crippen molar-refractivity contribution in [3.63, 3.8) is 0 Å². The zero-order valence-electron chi connectivity index (χ0n) is 13.9. The Hall–Kier alpha value is -2.34. The van der Waals surface area contributed by atoms with Crippen LogP contribution < -0.4 is 15.4 Å². The van der Waals surface area contributed by atoms with Gasteiger partial charge in [0.2, 0.25) is 0 Å². The molecule has 1 aromatic heterocycles. The van der Waals surface area contributed by atoms with Crippen molar-refractivity contribution in [2.45, 2.75) is 39.7 Å². The molecule has 0 fully saturated rings. The highest BCUT2D eigenvalue weighted by Gasteiger charge is 2.23. The van der Waals surface area contributed by atoms with E-state index < -0.39 is 6.10 Å². The number of aryl methyl sites for hydroxylation is 2. The van der Waals surface area contributed by atoms with Gasteiger partial charge in [-0.1, -0.05) is 13.3 Å². The van der Waals surface area contributed by atoms with Crippen LogP contribution >= 0.6 is 11.3 Å². The molecule has 126 valence electrons. The largest absolute Gasteiger partial charge is 0.479 e. The lowest BCUT2D eigenvalue weighted by Crippen LogP contribution is -2.34. The van der Waals surface area contributed by atoms with Crippen molar-refractivity contribution in [3.05, 3.63) is 39.6 Å². The molecular formula is C18H20N2O3S. The molecule has 0 saturated carbocycles. The third kappa shape index (κ3) is 3.28. The van der Waals surface area contributed by atoms with Gasteiger partial charge in [0, 0.05) is 10.6 Å². The van der Waals surface area contributed by atoms with Gasteiger partial charge in [0.05, 0.1) is 10.6 Å². The second-order valence-electron chi connectivity index (χ2n) is 5.86. The van der Waals surface area contributed by atoms with E-state index in [0.29, 0.717) is 22.0 Å². The van der Waals surface area contributed by atoms with Crippen LogP contribution in [0.1, 0.15) is 40.4 Å². The minimum Gasteiger partial charge on any atom is -0.479 e. The molecule has 2 heterocycles. The van der Waals surface area contributed by atoms with Crippen LogP contribution in [0.25, 0.3) is 0 Å². The summed E-state index contributed by atoms with van der Waals surface area (Å²) in [6.45, 7) is 5.86. The number of fused-ring (bicyclic) bond motifs is 1. The number of benzene rings is 1. The quantitative estimate of drug-likeness (QED) is 0.881. The summed E-state index contributed by atoms with van der Waals surface area (Å²) in [7, 11) is 0. The van der Waals surface area contributed by atoms with Crippen LogP contribution in [0.5, 0.6) is 5.75 Å². The fourth-order valence-electron chi connectivity index (χ4n) is 2.63. The summed E-state index contributed by atoms with van der Waals surface area (Å²) in [5.41, 5.74) is 2.43. The minimum atomic E-state index is -0.510. The van der Waals surface area contributed by atoms with Gasteiger partial charge < -0.3 is 15.4 Å². The first kappa shape index (κ1) is 16.5. The molecular weight excluding hydrogens is 324 g/mol. The molecule has 0 radical (unpaired) electrons. The summed E-state index contributed by atoms with van der Waals surface area (Å²) in [5, 5.41) is 5.66. The van der Waals surface area contributed by atoms with Gasteiger partial charge in [0.1, 0.15) is 5.75 Å². The maximum atomic E-state index is 12.4. The average Bonchev–Trinajstić information content (AvgIpc) is 2.90. The van der Waals surface area contributed by atoms with Gasteiger partial charge in [-0.25, -0.2) is 0 Å². The lowest BCUT2D eigenvalue weighted by molar-refractivity contribution is -0.122. The van der Waals surface area contributed by atoms with Gasteiger partial charge >= 0.3 is 0 Å². The number of ether oxygens (including phenoxy) is 1. The van der Waals surface area contributed by atoms with Crippen molar-refractivity contribution >= 4 is 34.5 Å². The van der Waals surface area contributed by atoms with Crippen molar-refractivity contribution in [3.8, 4) is 5.75 Å². The monoisotopic (exact) mass is 344 g/mol. The van der Waals surface area contributed by atoms with E-state index in [2.05, 4.69) is 17.6 Å². The maximum absolute atomic E-state index is 12.4. The van der Waals surface area contributed by atoms with Gasteiger partial charge in [0.15, 0.2) is 6.10 Å². The second-order valence-corrected chi connectivity index (χ2v) is 7.11. The summed E-state index contributed by atoms with van der Waals surface area (Å²) in [6, 6.07) is 7.20. The fourth-order valence-corrected chi connectivity index (χ4v) is 3.60. The van der Waals surface area contributed by atoms with Crippen molar-refractivity contribution < 1.29 is 14.3 Å². The molecule has 0 spiro atoms. The lowest BCUT2D eigenvalue weighted by Gasteiger charge is -2.23. The molecule has 24 heavy (non-hydrogen) atoms. The zero-order chi connectivity index (χ0) is 17.3. The smallest absolute Gasteiger partial charge is 0.265 e. The van der Waals surface area contributed by atoms with Crippen LogP contribution in [-0.2, 0) is 11.2 Å². The Morgan fingerprint density at radius 2 is 2.17 bits per heavy atom. The average molecular weight is 344 g/mol. The minimum absolute atomic E-state index is 0.137. The molecule has 2 N–H and O–H groups in total. The van der Waals surface area contributed by atoms with Crippen molar-refractivity contribution in [2.75, 3.05) is 10.6 Å². The Kier molecular flexibility index (Phi) is 4.57. The van der Waals surface area contributed by atoms with Crippen LogP contribution in [0.15, 0.2) is 24.3 Å². The zero-order valence-corrected chi connectivity index (χ0v) is 14.8. The van der Waals surface area contributed by atoms with Crippen LogP contribution in [0.4, 0.5) is 11.4 Å². The molecule has 0 bridgehead atoms. The molecule has 0 saturated heterocycles. The molecule has 2 amide bonds. The highest BCUT2D eigenvalue weighted by Crippen LogP contribution is 2.32. The molecule has 3 rings (SSSR count). The highest BCUT2D eigenvalue weighted by molar-refractivity contribution is 7.14. The number of carbonyl (C=O) groups excluding carboxylic acids is 2. The predicted molar refractivity (Wildman–Crippen MR) is 96.2 cm³/mol. The van der Waals surface area contributed by atoms with E-state index in [1.54, 1.807) is 25.1 Å². The molecule has 1 aliphatic rings. The SMILES string of the molecule is CCCc1cc(C(=O)Nc2ccc3c(c2)NC(=O)[C@@H](C)O3)sc1C. The lowest BCUT2D eigenvalue weighted by atomic mass is 10.1. The summed E-state index contributed by atoms with van der Waals surface area (Å²) in [6.07, 6.45) is 1.53. The van der Waals surface area contributed by atoms with Gasteiger partial charge in [0.25, 0.3) is 11.8 Å². The van der Waals surface area contributed by atoms with Gasteiger partial charge in [-0.2, -0.15) is 0 Å². The van der Waals surface area contributed by atoms with E-state index in [1.165, 1.54) is 21.8 Å².